The van der Waals surface area contributed by atoms with Crippen LogP contribution in [-0.2, 0) is 4.74 Å². The van der Waals surface area contributed by atoms with Crippen molar-refractivity contribution in [1.82, 2.24) is 5.43 Å². The van der Waals surface area contributed by atoms with Crippen LogP contribution in [0.25, 0.3) is 0 Å². The lowest BCUT2D eigenvalue weighted by atomic mass is 10.1. The van der Waals surface area contributed by atoms with Crippen molar-refractivity contribution < 1.29 is 4.74 Å². The molecule has 3 N–H and O–H groups in total. The van der Waals surface area contributed by atoms with Crippen molar-refractivity contribution in [1.29, 1.82) is 0 Å². The van der Waals surface area contributed by atoms with Crippen molar-refractivity contribution in [3.8, 4) is 12.3 Å². The Bertz CT molecular complexity index is 160. The molecule has 1 saturated carbocycles. The van der Waals surface area contributed by atoms with Crippen molar-refractivity contribution in [2.45, 2.75) is 25.0 Å². The van der Waals surface area contributed by atoms with Gasteiger partial charge in [0.2, 0.25) is 0 Å². The molecule has 3 nitrogen and oxygen atoms in total. The second-order valence-corrected chi connectivity index (χ2v) is 2.85. The summed E-state index contributed by atoms with van der Waals surface area (Å²) in [5.74, 6) is 8.42. The van der Waals surface area contributed by atoms with Gasteiger partial charge >= 0.3 is 0 Å². The summed E-state index contributed by atoms with van der Waals surface area (Å²) < 4.78 is 5.23. The molecule has 0 radical (unpaired) electrons. The zero-order chi connectivity index (χ0) is 8.27. The molecule has 0 saturated heterocycles. The van der Waals surface area contributed by atoms with Gasteiger partial charge in [0.1, 0.15) is 6.04 Å². The zero-order valence-corrected chi connectivity index (χ0v) is 6.71. The Morgan fingerprint density at radius 3 is 2.64 bits per heavy atom. The van der Waals surface area contributed by atoms with Gasteiger partial charge in [-0.25, -0.2) is 5.43 Å². The molecule has 0 amide bonds. The first-order chi connectivity index (χ1) is 5.33. The van der Waals surface area contributed by atoms with E-state index in [4.69, 9.17) is 17.0 Å². The van der Waals surface area contributed by atoms with E-state index < -0.39 is 0 Å². The van der Waals surface area contributed by atoms with Crippen LogP contribution in [0.4, 0.5) is 0 Å². The van der Waals surface area contributed by atoms with E-state index in [1.807, 2.05) is 0 Å². The Morgan fingerprint density at radius 1 is 1.73 bits per heavy atom. The lowest BCUT2D eigenvalue weighted by molar-refractivity contribution is 0.0670. The maximum absolute atomic E-state index is 5.25. The summed E-state index contributed by atoms with van der Waals surface area (Å²) in [6.07, 6.45) is 7.75. The largest absolute Gasteiger partial charge is 0.378 e. The molecule has 2 unspecified atom stereocenters. The third-order valence-electron chi connectivity index (χ3n) is 2.05. The number of terminal acetylenes is 1. The second kappa shape index (κ2) is 3.72. The molecule has 1 rings (SSSR count). The van der Waals surface area contributed by atoms with Crippen LogP contribution in [0.15, 0.2) is 0 Å². The summed E-state index contributed by atoms with van der Waals surface area (Å²) >= 11 is 0. The SMILES string of the molecule is C#CC(NN)C(OC)C1CC1. The molecule has 0 aliphatic heterocycles. The zero-order valence-electron chi connectivity index (χ0n) is 6.71. The van der Waals surface area contributed by atoms with Crippen molar-refractivity contribution in [2.24, 2.45) is 11.8 Å². The number of hydrazine groups is 1. The van der Waals surface area contributed by atoms with E-state index >= 15 is 0 Å². The van der Waals surface area contributed by atoms with Gasteiger partial charge in [-0.2, -0.15) is 0 Å². The van der Waals surface area contributed by atoms with Crippen molar-refractivity contribution in [3.05, 3.63) is 0 Å². The van der Waals surface area contributed by atoms with Gasteiger partial charge in [0.05, 0.1) is 6.10 Å². The van der Waals surface area contributed by atoms with Gasteiger partial charge in [-0.05, 0) is 18.8 Å². The fourth-order valence-corrected chi connectivity index (χ4v) is 1.26. The molecule has 0 aromatic heterocycles. The highest BCUT2D eigenvalue weighted by Crippen LogP contribution is 2.35. The lowest BCUT2D eigenvalue weighted by Gasteiger charge is -2.20. The van der Waals surface area contributed by atoms with Crippen molar-refractivity contribution >= 4 is 0 Å². The number of rotatable bonds is 4. The molecule has 11 heavy (non-hydrogen) atoms. The molecule has 0 heterocycles. The smallest absolute Gasteiger partial charge is 0.108 e. The van der Waals surface area contributed by atoms with E-state index in [1.54, 1.807) is 7.11 Å². The van der Waals surface area contributed by atoms with Crippen LogP contribution in [0.3, 0.4) is 0 Å². The molecule has 0 bridgehead atoms. The molecule has 1 aliphatic rings. The number of nitrogens with two attached hydrogens (primary N) is 1. The lowest BCUT2D eigenvalue weighted by Crippen LogP contribution is -2.44. The molecule has 0 spiro atoms. The summed E-state index contributed by atoms with van der Waals surface area (Å²) in [5.41, 5.74) is 2.56. The normalized spacial score (nSPS) is 22.3. The average Bonchev–Trinajstić information content (AvgIpc) is 2.82. The molecule has 1 aliphatic carbocycles. The van der Waals surface area contributed by atoms with Gasteiger partial charge < -0.3 is 4.74 Å². The summed E-state index contributed by atoms with van der Waals surface area (Å²) in [6, 6.07) is -0.146. The topological polar surface area (TPSA) is 47.3 Å². The second-order valence-electron chi connectivity index (χ2n) is 2.85. The maximum atomic E-state index is 5.25. The van der Waals surface area contributed by atoms with Gasteiger partial charge in [0.25, 0.3) is 0 Å². The third-order valence-corrected chi connectivity index (χ3v) is 2.05. The summed E-state index contributed by atoms with van der Waals surface area (Å²) in [6.45, 7) is 0. The molecule has 1 fully saturated rings. The van der Waals surface area contributed by atoms with E-state index in [1.165, 1.54) is 12.8 Å². The van der Waals surface area contributed by atoms with Crippen LogP contribution in [-0.4, -0.2) is 19.3 Å². The summed E-state index contributed by atoms with van der Waals surface area (Å²) in [4.78, 5) is 0. The summed E-state index contributed by atoms with van der Waals surface area (Å²) in [5, 5.41) is 0. The Hall–Kier alpha value is -0.560. The van der Waals surface area contributed by atoms with Crippen LogP contribution >= 0.6 is 0 Å². The van der Waals surface area contributed by atoms with E-state index in [9.17, 15) is 0 Å². The Morgan fingerprint density at radius 2 is 2.36 bits per heavy atom. The molecular formula is C8H14N2O. The highest BCUT2D eigenvalue weighted by molar-refractivity contribution is 5.06. The molecule has 62 valence electrons. The molecule has 2 atom stereocenters. The highest BCUT2D eigenvalue weighted by atomic mass is 16.5. The van der Waals surface area contributed by atoms with Crippen LogP contribution in [0.5, 0.6) is 0 Å². The number of hydrogen-bond donors (Lipinski definition) is 2. The fourth-order valence-electron chi connectivity index (χ4n) is 1.26. The minimum atomic E-state index is -0.146. The predicted molar refractivity (Wildman–Crippen MR) is 43.5 cm³/mol. The highest BCUT2D eigenvalue weighted by Gasteiger charge is 2.35. The Kier molecular flexibility index (Phi) is 2.89. The monoisotopic (exact) mass is 154 g/mol. The van der Waals surface area contributed by atoms with E-state index in [0.29, 0.717) is 5.92 Å². The van der Waals surface area contributed by atoms with Gasteiger partial charge in [-0.3, -0.25) is 5.84 Å². The minimum absolute atomic E-state index is 0.0880. The quantitative estimate of drug-likeness (QED) is 0.337. The van der Waals surface area contributed by atoms with E-state index in [0.717, 1.165) is 0 Å². The number of methoxy groups -OCH3 is 1. The Labute approximate surface area is 67.3 Å². The summed E-state index contributed by atoms with van der Waals surface area (Å²) in [7, 11) is 1.67. The number of hydrogen-bond acceptors (Lipinski definition) is 3. The minimum Gasteiger partial charge on any atom is -0.378 e. The van der Waals surface area contributed by atoms with Crippen LogP contribution in [0.1, 0.15) is 12.8 Å². The maximum Gasteiger partial charge on any atom is 0.108 e. The number of ether oxygens (including phenoxy) is 1. The van der Waals surface area contributed by atoms with Crippen molar-refractivity contribution in [2.75, 3.05) is 7.11 Å². The predicted octanol–water partition coefficient (Wildman–Crippen LogP) is -0.124. The fraction of sp³-hybridized carbons (Fsp3) is 0.750. The first-order valence-electron chi connectivity index (χ1n) is 3.78. The van der Waals surface area contributed by atoms with Crippen LogP contribution < -0.4 is 11.3 Å². The van der Waals surface area contributed by atoms with Crippen LogP contribution in [0, 0.1) is 18.3 Å². The van der Waals surface area contributed by atoms with E-state index in [-0.39, 0.29) is 12.1 Å². The van der Waals surface area contributed by atoms with Gasteiger partial charge in [-0.1, -0.05) is 5.92 Å². The third kappa shape index (κ3) is 1.93. The van der Waals surface area contributed by atoms with Gasteiger partial charge in [0.15, 0.2) is 0 Å². The molecular weight excluding hydrogens is 140 g/mol. The first kappa shape index (κ1) is 8.54. The van der Waals surface area contributed by atoms with Crippen LogP contribution in [0.2, 0.25) is 0 Å². The van der Waals surface area contributed by atoms with Gasteiger partial charge in [-0.15, -0.1) is 6.42 Å². The average molecular weight is 154 g/mol. The molecule has 0 aromatic carbocycles. The Balaban J connectivity index is 2.45. The standard InChI is InChI=1S/C8H14N2O/c1-3-7(10-9)8(11-2)6-4-5-6/h1,6-8,10H,4-5,9H2,2H3. The molecule has 3 heteroatoms. The van der Waals surface area contributed by atoms with Crippen molar-refractivity contribution in [3.63, 3.8) is 0 Å². The first-order valence-corrected chi connectivity index (χ1v) is 3.78. The number of nitrogens with one attached hydrogen (secondary N) is 1. The van der Waals surface area contributed by atoms with Gasteiger partial charge in [0, 0.05) is 7.11 Å². The molecule has 0 aromatic rings. The van der Waals surface area contributed by atoms with E-state index in [2.05, 4.69) is 11.3 Å².